The van der Waals surface area contributed by atoms with Gasteiger partial charge in [-0.3, -0.25) is 19.2 Å². The third-order valence-corrected chi connectivity index (χ3v) is 9.38. The highest BCUT2D eigenvalue weighted by Crippen LogP contribution is 2.28. The predicted octanol–water partition coefficient (Wildman–Crippen LogP) is 3.49. The molecule has 0 spiro atoms. The van der Waals surface area contributed by atoms with Gasteiger partial charge in [0.1, 0.15) is 30.5 Å². The molecule has 0 saturated heterocycles. The number of phenolic OH excluding ortho intramolecular Hbond substituents is 1. The van der Waals surface area contributed by atoms with Gasteiger partial charge in [-0.1, -0.05) is 74.5 Å². The predicted molar refractivity (Wildman–Crippen MR) is 217 cm³/mol. The molecule has 290 valence electrons. The molecule has 6 N–H and O–H groups in total. The molecule has 5 amide bonds. The first-order valence-corrected chi connectivity index (χ1v) is 19.4. The molecule has 0 aliphatic carbocycles. The summed E-state index contributed by atoms with van der Waals surface area (Å²) in [6.07, 6.45) is -0.394. The first kappa shape index (κ1) is 43.9. The Morgan fingerprint density at radius 3 is 1.81 bits per heavy atom. The van der Waals surface area contributed by atoms with Gasteiger partial charge in [-0.05, 0) is 93.3 Å². The van der Waals surface area contributed by atoms with Gasteiger partial charge < -0.3 is 41.2 Å². The van der Waals surface area contributed by atoms with E-state index in [0.29, 0.717) is 19.1 Å². The van der Waals surface area contributed by atoms with Gasteiger partial charge in [-0.2, -0.15) is 0 Å². The Bertz CT molecular complexity index is 1720. The molecule has 54 heavy (non-hydrogen) atoms. The van der Waals surface area contributed by atoms with Crippen molar-refractivity contribution in [2.45, 2.75) is 64.8 Å². The number of carbonyl (C=O) groups excluding carboxylic acids is 6. The number of phenols is 1. The number of amides is 5. The van der Waals surface area contributed by atoms with Gasteiger partial charge in [0.25, 0.3) is 0 Å². The maximum atomic E-state index is 13.4. The second-order valence-corrected chi connectivity index (χ2v) is 14.9. The first-order valence-electron chi connectivity index (χ1n) is 17.2. The molecule has 14 nitrogen and oxygen atoms in total. The summed E-state index contributed by atoms with van der Waals surface area (Å²) in [5, 5.41) is 23.0. The molecule has 0 radical (unpaired) electrons. The minimum Gasteiger partial charge on any atom is -0.506 e. The number of alkyl carbamates (subject to hydrolysis) is 1. The van der Waals surface area contributed by atoms with Crippen LogP contribution in [0.15, 0.2) is 72.8 Å². The van der Waals surface area contributed by atoms with E-state index in [0.717, 1.165) is 11.1 Å². The monoisotopic (exact) mass is 969 g/mol. The largest absolute Gasteiger partial charge is 0.506 e. The van der Waals surface area contributed by atoms with Crippen molar-refractivity contribution in [3.63, 3.8) is 0 Å². The lowest BCUT2D eigenvalue weighted by Gasteiger charge is -2.24. The van der Waals surface area contributed by atoms with E-state index >= 15 is 0 Å². The highest BCUT2D eigenvalue weighted by molar-refractivity contribution is 14.1. The summed E-state index contributed by atoms with van der Waals surface area (Å²) in [4.78, 5) is 77.8. The fourth-order valence-corrected chi connectivity index (χ4v) is 7.02. The topological polar surface area (TPSA) is 201 Å². The SMILES string of the molecule is CCOC(=O)[C@H](CC(C)C)NC(=O)[C@H](Cc1ccccc1)NC(=O)CNC(=O)CNC(=O)[C@H](Cc1cc(I)c(O)c(I)c1)NC(=O)OCc1ccccc1. The molecule has 0 saturated carbocycles. The second-order valence-electron chi connectivity index (χ2n) is 12.6. The Hall–Kier alpha value is -4.46. The molecule has 3 aromatic carbocycles. The molecule has 16 heteroatoms. The number of benzene rings is 3. The normalized spacial score (nSPS) is 12.4. The molecule has 0 aliphatic heterocycles. The first-order chi connectivity index (χ1) is 25.7. The van der Waals surface area contributed by atoms with Gasteiger partial charge in [0.05, 0.1) is 26.8 Å². The number of halogens is 2. The van der Waals surface area contributed by atoms with E-state index in [4.69, 9.17) is 9.47 Å². The molecule has 0 fully saturated rings. The van der Waals surface area contributed by atoms with Crippen LogP contribution in [0.1, 0.15) is 43.9 Å². The van der Waals surface area contributed by atoms with Crippen molar-refractivity contribution < 1.29 is 43.3 Å². The van der Waals surface area contributed by atoms with Crippen molar-refractivity contribution >= 4 is 80.9 Å². The Morgan fingerprint density at radius 2 is 1.22 bits per heavy atom. The number of aromatic hydroxyl groups is 1. The molecule has 3 atom stereocenters. The van der Waals surface area contributed by atoms with Crippen LogP contribution in [-0.4, -0.2) is 78.6 Å². The van der Waals surface area contributed by atoms with Crippen LogP contribution in [0.3, 0.4) is 0 Å². The maximum Gasteiger partial charge on any atom is 0.408 e. The Kier molecular flexibility index (Phi) is 18.5. The lowest BCUT2D eigenvalue weighted by Crippen LogP contribution is -2.54. The lowest BCUT2D eigenvalue weighted by atomic mass is 10.0. The zero-order valence-electron chi connectivity index (χ0n) is 30.2. The zero-order chi connectivity index (χ0) is 39.6. The van der Waals surface area contributed by atoms with Crippen LogP contribution in [0, 0.1) is 13.1 Å². The summed E-state index contributed by atoms with van der Waals surface area (Å²) in [5.41, 5.74) is 2.14. The number of ether oxygens (including phenoxy) is 2. The van der Waals surface area contributed by atoms with Crippen molar-refractivity contribution in [1.29, 1.82) is 0 Å². The van der Waals surface area contributed by atoms with Crippen molar-refractivity contribution in [3.05, 3.63) is 96.6 Å². The second kappa shape index (κ2) is 22.7. The van der Waals surface area contributed by atoms with Crippen LogP contribution >= 0.6 is 45.2 Å². The molecule has 0 aromatic heterocycles. The van der Waals surface area contributed by atoms with Crippen molar-refractivity contribution in [3.8, 4) is 5.75 Å². The van der Waals surface area contributed by atoms with E-state index in [1.54, 1.807) is 67.6 Å². The molecule has 0 aliphatic rings. The maximum absolute atomic E-state index is 13.4. The van der Waals surface area contributed by atoms with Gasteiger partial charge in [0.15, 0.2) is 0 Å². The fraction of sp³-hybridized carbons (Fsp3) is 0.368. The minimum absolute atomic E-state index is 0.0155. The smallest absolute Gasteiger partial charge is 0.408 e. The average molecular weight is 970 g/mol. The molecular weight excluding hydrogens is 924 g/mol. The van der Waals surface area contributed by atoms with Crippen LogP contribution in [0.25, 0.3) is 0 Å². The summed E-state index contributed by atoms with van der Waals surface area (Å²) < 4.78 is 11.5. The van der Waals surface area contributed by atoms with E-state index in [1.165, 1.54) is 0 Å². The lowest BCUT2D eigenvalue weighted by molar-refractivity contribution is -0.148. The highest BCUT2D eigenvalue weighted by atomic mass is 127. The number of hydrogen-bond acceptors (Lipinski definition) is 9. The summed E-state index contributed by atoms with van der Waals surface area (Å²) in [6.45, 7) is 4.55. The number of esters is 1. The molecule has 0 heterocycles. The van der Waals surface area contributed by atoms with E-state index < -0.39 is 66.9 Å². The third-order valence-electron chi connectivity index (χ3n) is 7.74. The van der Waals surface area contributed by atoms with Gasteiger partial charge in [0, 0.05) is 12.8 Å². The van der Waals surface area contributed by atoms with Crippen LogP contribution in [-0.2, 0) is 52.9 Å². The van der Waals surface area contributed by atoms with E-state index in [2.05, 4.69) is 26.6 Å². The van der Waals surface area contributed by atoms with Crippen LogP contribution < -0.4 is 26.6 Å². The van der Waals surface area contributed by atoms with Gasteiger partial charge in [0.2, 0.25) is 23.6 Å². The molecule has 0 unspecified atom stereocenters. The average Bonchev–Trinajstić information content (AvgIpc) is 3.14. The van der Waals surface area contributed by atoms with Crippen LogP contribution in [0.4, 0.5) is 4.79 Å². The van der Waals surface area contributed by atoms with Crippen LogP contribution in [0.5, 0.6) is 5.75 Å². The third kappa shape index (κ3) is 15.5. The summed E-state index contributed by atoms with van der Waals surface area (Å²) in [5.74, 6) is -3.09. The van der Waals surface area contributed by atoms with E-state index in [9.17, 15) is 33.9 Å². The standard InChI is InChI=1S/C38H45I2N5O9/c1-4-53-37(51)31(15-23(2)3)44-36(50)30(18-24-11-7-5-8-12-24)43-33(47)21-41-32(46)20-42-35(49)29(19-26-16-27(39)34(48)28(40)17-26)45-38(52)54-22-25-13-9-6-10-14-25/h5-14,16-17,23,29-31,48H,4,15,18-22H2,1-3H3,(H,41,46)(H,42,49)(H,43,47)(H,44,50)(H,45,52)/t29-,30-,31-/m0/s1. The summed E-state index contributed by atoms with van der Waals surface area (Å²) >= 11 is 3.92. The Balaban J connectivity index is 1.62. The van der Waals surface area contributed by atoms with Crippen molar-refractivity contribution in [2.75, 3.05) is 19.7 Å². The number of nitrogens with one attached hydrogen (secondary N) is 5. The molecule has 0 bridgehead atoms. The number of rotatable bonds is 19. The minimum atomic E-state index is -1.16. The van der Waals surface area contributed by atoms with E-state index in [-0.39, 0.29) is 37.7 Å². The molecular formula is C38H45I2N5O9. The molecule has 3 aromatic rings. The molecule has 3 rings (SSSR count). The highest BCUT2D eigenvalue weighted by Gasteiger charge is 2.29. The van der Waals surface area contributed by atoms with Gasteiger partial charge in [-0.15, -0.1) is 0 Å². The van der Waals surface area contributed by atoms with Crippen molar-refractivity contribution in [2.24, 2.45) is 5.92 Å². The number of carbonyl (C=O) groups is 6. The zero-order valence-corrected chi connectivity index (χ0v) is 34.5. The van der Waals surface area contributed by atoms with Gasteiger partial charge >= 0.3 is 12.1 Å². The number of hydrogen-bond donors (Lipinski definition) is 6. The van der Waals surface area contributed by atoms with Crippen LogP contribution in [0.2, 0.25) is 0 Å². The van der Waals surface area contributed by atoms with Crippen molar-refractivity contribution in [1.82, 2.24) is 26.6 Å². The quantitative estimate of drug-likeness (QED) is 0.0769. The Morgan fingerprint density at radius 1 is 0.667 bits per heavy atom. The van der Waals surface area contributed by atoms with Gasteiger partial charge in [-0.25, -0.2) is 9.59 Å². The van der Waals surface area contributed by atoms with E-state index in [1.807, 2.05) is 71.2 Å². The summed E-state index contributed by atoms with van der Waals surface area (Å²) in [6, 6.07) is 18.2. The fourth-order valence-electron chi connectivity index (χ4n) is 5.12. The Labute approximate surface area is 341 Å². The summed E-state index contributed by atoms with van der Waals surface area (Å²) in [7, 11) is 0.